The number of anilines is 1. The summed E-state index contributed by atoms with van der Waals surface area (Å²) in [6, 6.07) is 20.0. The molecule has 1 aromatic heterocycles. The highest BCUT2D eigenvalue weighted by Gasteiger charge is 2.15. The van der Waals surface area contributed by atoms with Crippen molar-refractivity contribution in [2.45, 2.75) is 33.4 Å². The predicted octanol–water partition coefficient (Wildman–Crippen LogP) is 6.28. The van der Waals surface area contributed by atoms with E-state index in [0.29, 0.717) is 18.0 Å². The molecule has 7 nitrogen and oxygen atoms in total. The van der Waals surface area contributed by atoms with Gasteiger partial charge in [-0.05, 0) is 78.9 Å². The van der Waals surface area contributed by atoms with Gasteiger partial charge >= 0.3 is 0 Å². The zero-order chi connectivity index (χ0) is 27.8. The Morgan fingerprint density at radius 3 is 2.28 bits per heavy atom. The van der Waals surface area contributed by atoms with Gasteiger partial charge in [-0.25, -0.2) is 4.98 Å². The lowest BCUT2D eigenvalue weighted by Gasteiger charge is -2.22. The Morgan fingerprint density at radius 1 is 0.846 bits per heavy atom. The number of thiazole rings is 1. The maximum atomic E-state index is 12.9. The van der Waals surface area contributed by atoms with E-state index >= 15 is 0 Å². The summed E-state index contributed by atoms with van der Waals surface area (Å²) >= 11 is 1.50. The van der Waals surface area contributed by atoms with E-state index in [1.54, 1.807) is 21.3 Å². The maximum absolute atomic E-state index is 12.9. The smallest absolute Gasteiger partial charge is 0.275 e. The van der Waals surface area contributed by atoms with Crippen molar-refractivity contribution in [1.29, 1.82) is 0 Å². The van der Waals surface area contributed by atoms with Crippen molar-refractivity contribution < 1.29 is 19.0 Å². The van der Waals surface area contributed by atoms with Gasteiger partial charge in [0.15, 0.2) is 11.5 Å². The SMILES string of the molecule is COc1ccc(CN(CCc2ccc(OC)c(OC)c2)Cc2nc(C(=O)Nc3ccc(C)c(C)c3)cs2)cc1. The summed E-state index contributed by atoms with van der Waals surface area (Å²) in [5.41, 5.74) is 5.85. The van der Waals surface area contributed by atoms with Crippen molar-refractivity contribution in [2.75, 3.05) is 33.2 Å². The molecular formula is C31H35N3O4S. The summed E-state index contributed by atoms with van der Waals surface area (Å²) < 4.78 is 16.2. The van der Waals surface area contributed by atoms with Crippen LogP contribution < -0.4 is 19.5 Å². The Hall–Kier alpha value is -3.88. The molecule has 3 aromatic carbocycles. The normalized spacial score (nSPS) is 10.9. The molecule has 8 heteroatoms. The molecule has 0 saturated heterocycles. The molecular weight excluding hydrogens is 510 g/mol. The van der Waals surface area contributed by atoms with Crippen molar-refractivity contribution in [1.82, 2.24) is 9.88 Å². The lowest BCUT2D eigenvalue weighted by molar-refractivity contribution is 0.102. The molecule has 0 unspecified atom stereocenters. The first-order valence-electron chi connectivity index (χ1n) is 12.8. The van der Waals surface area contributed by atoms with Gasteiger partial charge in [-0.2, -0.15) is 0 Å². The summed E-state index contributed by atoms with van der Waals surface area (Å²) in [6.07, 6.45) is 0.821. The maximum Gasteiger partial charge on any atom is 0.275 e. The third-order valence-corrected chi connectivity index (χ3v) is 7.47. The van der Waals surface area contributed by atoms with Gasteiger partial charge < -0.3 is 19.5 Å². The quantitative estimate of drug-likeness (QED) is 0.226. The highest BCUT2D eigenvalue weighted by molar-refractivity contribution is 7.09. The Kier molecular flexibility index (Phi) is 9.57. The van der Waals surface area contributed by atoms with Crippen molar-refractivity contribution >= 4 is 22.9 Å². The van der Waals surface area contributed by atoms with Gasteiger partial charge in [0.1, 0.15) is 16.5 Å². The molecule has 204 valence electrons. The third-order valence-electron chi connectivity index (χ3n) is 6.64. The zero-order valence-electron chi connectivity index (χ0n) is 23.1. The molecule has 0 aliphatic carbocycles. The van der Waals surface area contributed by atoms with E-state index in [-0.39, 0.29) is 5.91 Å². The number of carbonyl (C=O) groups excluding carboxylic acids is 1. The molecule has 0 aliphatic rings. The van der Waals surface area contributed by atoms with Gasteiger partial charge in [0.05, 0.1) is 27.9 Å². The molecule has 0 saturated carbocycles. The van der Waals surface area contributed by atoms with E-state index in [1.807, 2.05) is 54.8 Å². The van der Waals surface area contributed by atoms with Crippen LogP contribution in [-0.2, 0) is 19.5 Å². The van der Waals surface area contributed by atoms with Gasteiger partial charge in [0.2, 0.25) is 0 Å². The summed E-state index contributed by atoms with van der Waals surface area (Å²) in [6.45, 7) is 6.25. The Bertz CT molecular complexity index is 1400. The van der Waals surface area contributed by atoms with Gasteiger partial charge in [-0.3, -0.25) is 9.69 Å². The molecule has 0 fully saturated rings. The number of carbonyl (C=O) groups is 1. The van der Waals surface area contributed by atoms with Crippen LogP contribution in [0.5, 0.6) is 17.2 Å². The number of nitrogens with one attached hydrogen (secondary N) is 1. The van der Waals surface area contributed by atoms with Gasteiger partial charge in [-0.15, -0.1) is 11.3 Å². The number of methoxy groups -OCH3 is 3. The molecule has 0 aliphatic heterocycles. The third kappa shape index (κ3) is 7.59. The average molecular weight is 546 g/mol. The van der Waals surface area contributed by atoms with Crippen molar-refractivity contribution in [3.8, 4) is 17.2 Å². The van der Waals surface area contributed by atoms with Gasteiger partial charge in [0.25, 0.3) is 5.91 Å². The molecule has 0 radical (unpaired) electrons. The molecule has 1 amide bonds. The van der Waals surface area contributed by atoms with Crippen LogP contribution >= 0.6 is 11.3 Å². The zero-order valence-corrected chi connectivity index (χ0v) is 23.9. The van der Waals surface area contributed by atoms with Crippen LogP contribution in [0.3, 0.4) is 0 Å². The molecule has 39 heavy (non-hydrogen) atoms. The van der Waals surface area contributed by atoms with Crippen LogP contribution in [0.1, 0.15) is 37.7 Å². The monoisotopic (exact) mass is 545 g/mol. The van der Waals surface area contributed by atoms with Gasteiger partial charge in [-0.1, -0.05) is 24.3 Å². The number of hydrogen-bond acceptors (Lipinski definition) is 7. The molecule has 0 spiro atoms. The van der Waals surface area contributed by atoms with Crippen molar-refractivity contribution in [3.63, 3.8) is 0 Å². The highest BCUT2D eigenvalue weighted by Crippen LogP contribution is 2.28. The number of amides is 1. The fraction of sp³-hybridized carbons (Fsp3) is 0.290. The topological polar surface area (TPSA) is 72.9 Å². The van der Waals surface area contributed by atoms with Crippen LogP contribution in [-0.4, -0.2) is 43.7 Å². The first kappa shape index (κ1) is 28.1. The van der Waals surface area contributed by atoms with E-state index in [1.165, 1.54) is 22.5 Å². The van der Waals surface area contributed by atoms with Gasteiger partial charge in [0, 0.05) is 24.2 Å². The summed E-state index contributed by atoms with van der Waals surface area (Å²) in [5, 5.41) is 5.68. The van der Waals surface area contributed by atoms with Crippen molar-refractivity contribution in [2.24, 2.45) is 0 Å². The Labute approximate surface area is 234 Å². The molecule has 1 heterocycles. The first-order chi connectivity index (χ1) is 18.9. The fourth-order valence-electron chi connectivity index (χ4n) is 4.22. The van der Waals surface area contributed by atoms with E-state index in [4.69, 9.17) is 14.2 Å². The number of aryl methyl sites for hydroxylation is 2. The number of benzene rings is 3. The van der Waals surface area contributed by atoms with Crippen LogP contribution in [0, 0.1) is 13.8 Å². The van der Waals surface area contributed by atoms with Crippen molar-refractivity contribution in [3.05, 3.63) is 99.0 Å². The lowest BCUT2D eigenvalue weighted by atomic mass is 10.1. The predicted molar refractivity (Wildman–Crippen MR) is 156 cm³/mol. The van der Waals surface area contributed by atoms with E-state index in [2.05, 4.69) is 40.3 Å². The summed E-state index contributed by atoms with van der Waals surface area (Å²) in [4.78, 5) is 19.9. The average Bonchev–Trinajstić information content (AvgIpc) is 3.42. The first-order valence-corrected chi connectivity index (χ1v) is 13.7. The van der Waals surface area contributed by atoms with E-state index in [0.717, 1.165) is 52.8 Å². The highest BCUT2D eigenvalue weighted by atomic mass is 32.1. The molecule has 4 aromatic rings. The van der Waals surface area contributed by atoms with Crippen LogP contribution in [0.2, 0.25) is 0 Å². The number of aromatic nitrogens is 1. The minimum absolute atomic E-state index is 0.201. The molecule has 4 rings (SSSR count). The second-order valence-corrected chi connectivity index (χ2v) is 10.3. The second kappa shape index (κ2) is 13.3. The molecule has 0 bridgehead atoms. The largest absolute Gasteiger partial charge is 0.497 e. The van der Waals surface area contributed by atoms with Crippen LogP contribution in [0.25, 0.3) is 0 Å². The fourth-order valence-corrected chi connectivity index (χ4v) is 5.04. The van der Waals surface area contributed by atoms with Crippen LogP contribution in [0.4, 0.5) is 5.69 Å². The molecule has 1 N–H and O–H groups in total. The lowest BCUT2D eigenvalue weighted by Crippen LogP contribution is -2.25. The second-order valence-electron chi connectivity index (χ2n) is 9.38. The Balaban J connectivity index is 1.47. The number of rotatable bonds is 12. The number of hydrogen-bond donors (Lipinski definition) is 1. The van der Waals surface area contributed by atoms with E-state index in [9.17, 15) is 4.79 Å². The Morgan fingerprint density at radius 2 is 1.59 bits per heavy atom. The standard InChI is InChI=1S/C31H35N3O4S/c1-21-6-10-25(16-22(21)2)32-31(35)27-20-39-30(33-27)19-34(18-24-7-11-26(36-3)12-8-24)15-14-23-9-13-28(37-4)29(17-23)38-5/h6-13,16-17,20H,14-15,18-19H2,1-5H3,(H,32,35). The summed E-state index contributed by atoms with van der Waals surface area (Å²) in [7, 11) is 4.95. The molecule has 0 atom stereocenters. The number of nitrogens with zero attached hydrogens (tertiary/aromatic N) is 2. The number of ether oxygens (including phenoxy) is 3. The van der Waals surface area contributed by atoms with E-state index < -0.39 is 0 Å². The minimum atomic E-state index is -0.201. The minimum Gasteiger partial charge on any atom is -0.497 e. The van der Waals surface area contributed by atoms with Crippen LogP contribution in [0.15, 0.2) is 66.0 Å². The summed E-state index contributed by atoms with van der Waals surface area (Å²) in [5.74, 6) is 2.06.